The van der Waals surface area contributed by atoms with Gasteiger partial charge in [-0.25, -0.2) is 0 Å². The van der Waals surface area contributed by atoms with E-state index in [0.717, 1.165) is 12.1 Å². The van der Waals surface area contributed by atoms with Crippen molar-refractivity contribution in [2.75, 3.05) is 5.73 Å². The number of phenolic OH excluding ortho intramolecular Hbond substituents is 1. The maximum Gasteiger partial charge on any atom is 0.298 e. The van der Waals surface area contributed by atoms with Gasteiger partial charge in [-0.2, -0.15) is 16.8 Å². The van der Waals surface area contributed by atoms with Crippen molar-refractivity contribution in [2.24, 2.45) is 0 Å². The molecule has 0 fully saturated rings. The number of anilines is 1. The first-order chi connectivity index (χ1) is 9.01. The van der Waals surface area contributed by atoms with Crippen molar-refractivity contribution in [3.05, 3.63) is 24.3 Å². The highest BCUT2D eigenvalue weighted by molar-refractivity contribution is 7.86. The Morgan fingerprint density at radius 1 is 0.900 bits per heavy atom. The third-order valence-electron chi connectivity index (χ3n) is 2.59. The lowest BCUT2D eigenvalue weighted by molar-refractivity contribution is 0.442. The van der Waals surface area contributed by atoms with Crippen LogP contribution in [0.4, 0.5) is 5.69 Å². The molecule has 8 nitrogen and oxygen atoms in total. The molecule has 2 rings (SSSR count). The number of hydrogen-bond acceptors (Lipinski definition) is 6. The lowest BCUT2D eigenvalue weighted by Crippen LogP contribution is -2.05. The fraction of sp³-hybridized carbons (Fsp3) is 0. The minimum Gasteiger partial charge on any atom is -0.506 e. The second-order valence-electron chi connectivity index (χ2n) is 3.98. The van der Waals surface area contributed by atoms with Crippen molar-refractivity contribution in [2.45, 2.75) is 9.79 Å². The van der Waals surface area contributed by atoms with Gasteiger partial charge in [0.15, 0.2) is 0 Å². The Hall–Kier alpha value is -1.88. The molecule has 0 aromatic heterocycles. The summed E-state index contributed by atoms with van der Waals surface area (Å²) < 4.78 is 63.3. The van der Waals surface area contributed by atoms with Crippen molar-refractivity contribution in [1.82, 2.24) is 0 Å². The molecule has 2 aromatic carbocycles. The highest BCUT2D eigenvalue weighted by atomic mass is 32.2. The van der Waals surface area contributed by atoms with E-state index in [1.807, 2.05) is 0 Å². The zero-order valence-corrected chi connectivity index (χ0v) is 11.3. The maximum atomic E-state index is 11.3. The van der Waals surface area contributed by atoms with Gasteiger partial charge in [0.2, 0.25) is 0 Å². The fourth-order valence-electron chi connectivity index (χ4n) is 1.85. The summed E-state index contributed by atoms with van der Waals surface area (Å²) in [5.41, 5.74) is 5.59. The van der Waals surface area contributed by atoms with Gasteiger partial charge in [-0.15, -0.1) is 0 Å². The molecular formula is C10H9NO7S2. The number of nitrogens with two attached hydrogens (primary N) is 1. The molecule has 0 spiro atoms. The lowest BCUT2D eigenvalue weighted by atomic mass is 10.1. The van der Waals surface area contributed by atoms with Crippen molar-refractivity contribution in [3.8, 4) is 5.75 Å². The standard InChI is InChI=1S/C10H9NO7S2/c11-5-1-2-6-7(3-5)9(19(13,14)15)4-8(12)10(6)20(16,17)18/h1-4,12H,11H2,(H,13,14,15)(H,16,17,18). The van der Waals surface area contributed by atoms with Crippen molar-refractivity contribution >= 4 is 36.7 Å². The molecule has 0 aliphatic heterocycles. The van der Waals surface area contributed by atoms with Gasteiger partial charge in [-0.1, -0.05) is 6.07 Å². The first-order valence-electron chi connectivity index (χ1n) is 5.02. The Balaban J connectivity index is 3.14. The highest BCUT2D eigenvalue weighted by Crippen LogP contribution is 2.36. The second-order valence-corrected chi connectivity index (χ2v) is 6.73. The maximum absolute atomic E-state index is 11.3. The molecular weight excluding hydrogens is 310 g/mol. The summed E-state index contributed by atoms with van der Waals surface area (Å²) in [6.07, 6.45) is 0. The minimum atomic E-state index is -4.80. The van der Waals surface area contributed by atoms with Crippen LogP contribution in [0, 0.1) is 0 Å². The molecule has 2 aromatic rings. The normalized spacial score (nSPS) is 12.7. The SMILES string of the molecule is Nc1ccc2c(S(=O)(=O)O)c(O)cc(S(=O)(=O)O)c2c1. The van der Waals surface area contributed by atoms with E-state index in [0.29, 0.717) is 6.07 Å². The zero-order chi connectivity index (χ0) is 15.3. The molecule has 0 amide bonds. The summed E-state index contributed by atoms with van der Waals surface area (Å²) in [5, 5.41) is 9.09. The van der Waals surface area contributed by atoms with Crippen LogP contribution in [-0.2, 0) is 20.2 Å². The van der Waals surface area contributed by atoms with E-state index in [-0.39, 0.29) is 16.5 Å². The molecule has 0 radical (unpaired) electrons. The monoisotopic (exact) mass is 319 g/mol. The van der Waals surface area contributed by atoms with E-state index in [2.05, 4.69) is 0 Å². The topological polar surface area (TPSA) is 155 Å². The molecule has 0 unspecified atom stereocenters. The van der Waals surface area contributed by atoms with E-state index in [1.54, 1.807) is 0 Å². The number of rotatable bonds is 2. The smallest absolute Gasteiger partial charge is 0.298 e. The molecule has 10 heteroatoms. The number of fused-ring (bicyclic) bond motifs is 1. The molecule has 20 heavy (non-hydrogen) atoms. The summed E-state index contributed by atoms with van der Waals surface area (Å²) in [7, 11) is -9.53. The van der Waals surface area contributed by atoms with Gasteiger partial charge < -0.3 is 10.8 Å². The average molecular weight is 319 g/mol. The number of phenols is 1. The average Bonchev–Trinajstić information content (AvgIpc) is 2.25. The molecule has 0 atom stereocenters. The van der Waals surface area contributed by atoms with Crippen LogP contribution in [0.2, 0.25) is 0 Å². The van der Waals surface area contributed by atoms with Gasteiger partial charge in [-0.3, -0.25) is 9.11 Å². The zero-order valence-electron chi connectivity index (χ0n) is 9.68. The first kappa shape index (κ1) is 14.5. The Morgan fingerprint density at radius 3 is 2.00 bits per heavy atom. The Labute approximate surface area is 114 Å². The number of nitrogen functional groups attached to an aromatic ring is 1. The molecule has 0 saturated heterocycles. The Morgan fingerprint density at radius 2 is 1.50 bits per heavy atom. The van der Waals surface area contributed by atoms with Gasteiger partial charge in [-0.05, 0) is 12.1 Å². The van der Waals surface area contributed by atoms with Crippen LogP contribution < -0.4 is 5.73 Å². The van der Waals surface area contributed by atoms with Crippen molar-refractivity contribution in [1.29, 1.82) is 0 Å². The van der Waals surface area contributed by atoms with Crippen LogP contribution in [0.3, 0.4) is 0 Å². The van der Waals surface area contributed by atoms with Gasteiger partial charge in [0.05, 0.1) is 0 Å². The predicted molar refractivity (Wildman–Crippen MR) is 69.7 cm³/mol. The van der Waals surface area contributed by atoms with Gasteiger partial charge in [0, 0.05) is 22.5 Å². The van der Waals surface area contributed by atoms with Crippen molar-refractivity contribution in [3.63, 3.8) is 0 Å². The number of hydrogen-bond donors (Lipinski definition) is 4. The van der Waals surface area contributed by atoms with Crippen LogP contribution in [0.15, 0.2) is 34.1 Å². The molecule has 0 heterocycles. The summed E-state index contributed by atoms with van der Waals surface area (Å²) in [6, 6.07) is 4.00. The predicted octanol–water partition coefficient (Wildman–Crippen LogP) is 0.621. The van der Waals surface area contributed by atoms with E-state index >= 15 is 0 Å². The summed E-state index contributed by atoms with van der Waals surface area (Å²) in [6.45, 7) is 0. The van der Waals surface area contributed by atoms with Crippen LogP contribution in [-0.4, -0.2) is 31.0 Å². The van der Waals surface area contributed by atoms with E-state index in [1.165, 1.54) is 6.07 Å². The molecule has 108 valence electrons. The molecule has 0 aliphatic carbocycles. The van der Waals surface area contributed by atoms with Gasteiger partial charge in [0.25, 0.3) is 20.2 Å². The largest absolute Gasteiger partial charge is 0.506 e. The minimum absolute atomic E-state index is 0.106. The van der Waals surface area contributed by atoms with Crippen molar-refractivity contribution < 1.29 is 31.0 Å². The Bertz CT molecular complexity index is 916. The van der Waals surface area contributed by atoms with Crippen LogP contribution in [0.25, 0.3) is 10.8 Å². The molecule has 0 aliphatic rings. The van der Waals surface area contributed by atoms with Gasteiger partial charge >= 0.3 is 0 Å². The third-order valence-corrected chi connectivity index (χ3v) is 4.43. The molecule has 5 N–H and O–H groups in total. The first-order valence-corrected chi connectivity index (χ1v) is 7.90. The Kier molecular flexibility index (Phi) is 3.13. The van der Waals surface area contributed by atoms with Crippen LogP contribution >= 0.6 is 0 Å². The van der Waals surface area contributed by atoms with E-state index < -0.39 is 35.8 Å². The highest BCUT2D eigenvalue weighted by Gasteiger charge is 2.25. The third kappa shape index (κ3) is 2.41. The van der Waals surface area contributed by atoms with E-state index in [9.17, 15) is 21.9 Å². The molecule has 0 saturated carbocycles. The van der Waals surface area contributed by atoms with Crippen LogP contribution in [0.5, 0.6) is 5.75 Å². The lowest BCUT2D eigenvalue weighted by Gasteiger charge is -2.10. The molecule has 0 bridgehead atoms. The fourth-order valence-corrected chi connectivity index (χ4v) is 3.34. The number of aromatic hydroxyl groups is 1. The second kappa shape index (κ2) is 4.31. The number of benzene rings is 2. The summed E-state index contributed by atoms with van der Waals surface area (Å²) in [5.74, 6) is -1.00. The quantitative estimate of drug-likeness (QED) is 0.463. The van der Waals surface area contributed by atoms with Crippen LogP contribution in [0.1, 0.15) is 0 Å². The summed E-state index contributed by atoms with van der Waals surface area (Å²) >= 11 is 0. The van der Waals surface area contributed by atoms with Gasteiger partial charge in [0.1, 0.15) is 15.5 Å². The summed E-state index contributed by atoms with van der Waals surface area (Å²) in [4.78, 5) is -1.58. The van der Waals surface area contributed by atoms with E-state index in [4.69, 9.17) is 14.8 Å².